The number of hydrogen-bond acceptors (Lipinski definition) is 2. The molecule has 0 saturated heterocycles. The summed E-state index contributed by atoms with van der Waals surface area (Å²) in [5.41, 5.74) is 10.5. The standard InChI is InChI=1S/C46H84N2O2/c1-2-3-4-5-6-7-8-9-10-11-12-13-14-15-16-19-24-29-34-39-44(40-35-30-25-20-17-22-27-32-37-42-45(47)49)41-36-31-26-21-18-23-28-33-38-43-46(48)50/h44H,2-9,14-43H2,1H3,(H2,47,49)(H2,48,50). The Labute approximate surface area is 312 Å². The van der Waals surface area contributed by atoms with Crippen LogP contribution in [0.2, 0.25) is 0 Å². The van der Waals surface area contributed by atoms with Gasteiger partial charge in [-0.25, -0.2) is 0 Å². The van der Waals surface area contributed by atoms with Crippen molar-refractivity contribution < 1.29 is 9.59 Å². The summed E-state index contributed by atoms with van der Waals surface area (Å²) in [6, 6.07) is 0. The lowest BCUT2D eigenvalue weighted by molar-refractivity contribution is -0.119. The van der Waals surface area contributed by atoms with E-state index in [4.69, 9.17) is 11.5 Å². The molecule has 0 aromatic carbocycles. The number of primary amides is 2. The third-order valence-corrected chi connectivity index (χ3v) is 10.4. The molecule has 4 N–H and O–H groups in total. The minimum absolute atomic E-state index is 0.160. The molecule has 0 atom stereocenters. The van der Waals surface area contributed by atoms with Crippen molar-refractivity contribution in [3.8, 4) is 23.7 Å². The molecule has 0 aliphatic heterocycles. The number of amides is 2. The van der Waals surface area contributed by atoms with E-state index in [0.717, 1.165) is 44.4 Å². The van der Waals surface area contributed by atoms with Crippen LogP contribution in [0.15, 0.2) is 0 Å². The first-order chi connectivity index (χ1) is 24.6. The van der Waals surface area contributed by atoms with Crippen molar-refractivity contribution in [1.29, 1.82) is 0 Å². The molecule has 0 rings (SSSR count). The van der Waals surface area contributed by atoms with Crippen molar-refractivity contribution in [2.24, 2.45) is 17.4 Å². The number of hydrogen-bond donors (Lipinski definition) is 2. The van der Waals surface area contributed by atoms with Gasteiger partial charge < -0.3 is 11.5 Å². The molecule has 2 amide bonds. The molecule has 50 heavy (non-hydrogen) atoms. The van der Waals surface area contributed by atoms with Crippen LogP contribution in [0.5, 0.6) is 0 Å². The molecule has 0 aliphatic rings. The van der Waals surface area contributed by atoms with E-state index in [2.05, 4.69) is 30.6 Å². The highest BCUT2D eigenvalue weighted by atomic mass is 16.1. The topological polar surface area (TPSA) is 86.2 Å². The van der Waals surface area contributed by atoms with Crippen LogP contribution in [-0.2, 0) is 9.59 Å². The third-order valence-electron chi connectivity index (χ3n) is 10.4. The van der Waals surface area contributed by atoms with E-state index in [1.54, 1.807) is 0 Å². The summed E-state index contributed by atoms with van der Waals surface area (Å²) in [6.45, 7) is 2.27. The van der Waals surface area contributed by atoms with Gasteiger partial charge in [-0.15, -0.1) is 0 Å². The SMILES string of the molecule is CCCCCCCCCC#CC#CCCCCCCCCC(CCCCCCCCCCCC(N)=O)CCCCCCCCCCCC(N)=O. The van der Waals surface area contributed by atoms with Crippen LogP contribution >= 0.6 is 0 Å². The first-order valence-corrected chi connectivity index (χ1v) is 22.1. The Kier molecular flexibility index (Phi) is 39.9. The maximum absolute atomic E-state index is 10.9. The van der Waals surface area contributed by atoms with Crippen LogP contribution in [0, 0.1) is 29.6 Å². The fourth-order valence-corrected chi connectivity index (χ4v) is 7.11. The van der Waals surface area contributed by atoms with Crippen molar-refractivity contribution >= 4 is 11.8 Å². The monoisotopic (exact) mass is 697 g/mol. The molecule has 0 unspecified atom stereocenters. The maximum atomic E-state index is 10.9. The molecule has 4 heteroatoms. The predicted molar refractivity (Wildman–Crippen MR) is 219 cm³/mol. The van der Waals surface area contributed by atoms with Crippen LogP contribution in [0.1, 0.15) is 251 Å². The fraction of sp³-hybridized carbons (Fsp3) is 0.870. The fourth-order valence-electron chi connectivity index (χ4n) is 7.11. The van der Waals surface area contributed by atoms with Crippen molar-refractivity contribution in [1.82, 2.24) is 0 Å². The maximum Gasteiger partial charge on any atom is 0.217 e. The van der Waals surface area contributed by atoms with Gasteiger partial charge >= 0.3 is 0 Å². The van der Waals surface area contributed by atoms with Gasteiger partial charge in [0.05, 0.1) is 0 Å². The normalized spacial score (nSPS) is 10.9. The van der Waals surface area contributed by atoms with Crippen LogP contribution in [-0.4, -0.2) is 11.8 Å². The van der Waals surface area contributed by atoms with Crippen molar-refractivity contribution in [3.05, 3.63) is 0 Å². The van der Waals surface area contributed by atoms with Crippen molar-refractivity contribution in [2.75, 3.05) is 0 Å². The zero-order valence-corrected chi connectivity index (χ0v) is 33.4. The number of carbonyl (C=O) groups excluding carboxylic acids is 2. The molecule has 0 spiro atoms. The zero-order chi connectivity index (χ0) is 36.4. The second kappa shape index (κ2) is 41.5. The molecule has 290 valence electrons. The molecule has 0 aliphatic carbocycles. The Bertz CT molecular complexity index is 825. The lowest BCUT2D eigenvalue weighted by Crippen LogP contribution is -2.09. The van der Waals surface area contributed by atoms with E-state index < -0.39 is 0 Å². The van der Waals surface area contributed by atoms with E-state index in [9.17, 15) is 9.59 Å². The van der Waals surface area contributed by atoms with Gasteiger partial charge in [-0.2, -0.15) is 0 Å². The van der Waals surface area contributed by atoms with Crippen LogP contribution in [0.3, 0.4) is 0 Å². The quantitative estimate of drug-likeness (QED) is 0.0495. The van der Waals surface area contributed by atoms with E-state index >= 15 is 0 Å². The highest BCUT2D eigenvalue weighted by Gasteiger charge is 2.09. The number of unbranched alkanes of at least 4 members (excludes halogenated alkanes) is 29. The minimum Gasteiger partial charge on any atom is -0.370 e. The smallest absolute Gasteiger partial charge is 0.217 e. The lowest BCUT2D eigenvalue weighted by atomic mass is 9.89. The Morgan fingerprint density at radius 2 is 0.640 bits per heavy atom. The molecule has 0 radical (unpaired) electrons. The van der Waals surface area contributed by atoms with Gasteiger partial charge in [-0.3, -0.25) is 9.59 Å². The first kappa shape index (κ1) is 48.1. The largest absolute Gasteiger partial charge is 0.370 e. The predicted octanol–water partition coefficient (Wildman–Crippen LogP) is 13.4. The lowest BCUT2D eigenvalue weighted by Gasteiger charge is -2.17. The summed E-state index contributed by atoms with van der Waals surface area (Å²) in [7, 11) is 0. The second-order valence-electron chi connectivity index (χ2n) is 15.4. The highest BCUT2D eigenvalue weighted by Crippen LogP contribution is 2.25. The Morgan fingerprint density at radius 1 is 0.380 bits per heavy atom. The molecular formula is C46H84N2O2. The van der Waals surface area contributed by atoms with Gasteiger partial charge in [-0.05, 0) is 43.4 Å². The number of nitrogens with two attached hydrogens (primary N) is 2. The summed E-state index contributed by atoms with van der Waals surface area (Å²) in [4.78, 5) is 21.7. The Morgan fingerprint density at radius 3 is 0.940 bits per heavy atom. The third kappa shape index (κ3) is 42.2. The summed E-state index contributed by atoms with van der Waals surface area (Å²) in [6.07, 6.45) is 48.0. The minimum atomic E-state index is -0.160. The van der Waals surface area contributed by atoms with E-state index in [1.807, 2.05) is 0 Å². The first-order valence-electron chi connectivity index (χ1n) is 22.1. The molecule has 4 nitrogen and oxygen atoms in total. The van der Waals surface area contributed by atoms with E-state index in [0.29, 0.717) is 12.8 Å². The average molecular weight is 697 g/mol. The van der Waals surface area contributed by atoms with Gasteiger partial charge in [0.1, 0.15) is 0 Å². The van der Waals surface area contributed by atoms with Gasteiger partial charge in [-0.1, -0.05) is 211 Å². The molecule has 0 aromatic heterocycles. The summed E-state index contributed by atoms with van der Waals surface area (Å²) < 4.78 is 0. The highest BCUT2D eigenvalue weighted by molar-refractivity contribution is 5.73. The summed E-state index contributed by atoms with van der Waals surface area (Å²) in [5, 5.41) is 0. The van der Waals surface area contributed by atoms with Gasteiger partial charge in [0, 0.05) is 25.7 Å². The molecular weight excluding hydrogens is 613 g/mol. The summed E-state index contributed by atoms with van der Waals surface area (Å²) in [5.74, 6) is 13.3. The molecule has 0 aromatic rings. The van der Waals surface area contributed by atoms with E-state index in [1.165, 1.54) is 193 Å². The van der Waals surface area contributed by atoms with Gasteiger partial charge in [0.15, 0.2) is 0 Å². The van der Waals surface area contributed by atoms with Crippen LogP contribution in [0.25, 0.3) is 0 Å². The van der Waals surface area contributed by atoms with Crippen molar-refractivity contribution in [2.45, 2.75) is 251 Å². The van der Waals surface area contributed by atoms with Crippen molar-refractivity contribution in [3.63, 3.8) is 0 Å². The number of carbonyl (C=O) groups is 2. The zero-order valence-electron chi connectivity index (χ0n) is 33.4. The molecule has 0 bridgehead atoms. The second-order valence-corrected chi connectivity index (χ2v) is 15.4. The molecule has 0 heterocycles. The molecule has 0 saturated carbocycles. The summed E-state index contributed by atoms with van der Waals surface area (Å²) >= 11 is 0. The van der Waals surface area contributed by atoms with Crippen LogP contribution in [0.4, 0.5) is 0 Å². The Balaban J connectivity index is 4.02. The van der Waals surface area contributed by atoms with Gasteiger partial charge in [0.2, 0.25) is 11.8 Å². The Hall–Kier alpha value is -1.94. The van der Waals surface area contributed by atoms with E-state index in [-0.39, 0.29) is 11.8 Å². The molecule has 0 fully saturated rings. The van der Waals surface area contributed by atoms with Crippen LogP contribution < -0.4 is 11.5 Å². The average Bonchev–Trinajstić information content (AvgIpc) is 3.09. The number of rotatable bonds is 39. The van der Waals surface area contributed by atoms with Gasteiger partial charge in [0.25, 0.3) is 0 Å².